The van der Waals surface area contributed by atoms with Gasteiger partial charge in [0.15, 0.2) is 0 Å². The van der Waals surface area contributed by atoms with Crippen molar-refractivity contribution in [1.29, 1.82) is 0 Å². The average Bonchev–Trinajstić information content (AvgIpc) is 2.81. The topological polar surface area (TPSA) is 55.1 Å². The first kappa shape index (κ1) is 13.9. The van der Waals surface area contributed by atoms with Gasteiger partial charge in [-0.3, -0.25) is 4.79 Å². The smallest absolute Gasteiger partial charge is 0.227 e. The van der Waals surface area contributed by atoms with Crippen LogP contribution >= 0.6 is 0 Å². The van der Waals surface area contributed by atoms with Gasteiger partial charge in [0.05, 0.1) is 5.41 Å². The molecule has 0 aromatic rings. The molecule has 0 spiro atoms. The van der Waals surface area contributed by atoms with Gasteiger partial charge in [-0.15, -0.1) is 0 Å². The van der Waals surface area contributed by atoms with Crippen molar-refractivity contribution in [3.63, 3.8) is 0 Å². The fourth-order valence-electron chi connectivity index (χ4n) is 3.95. The van der Waals surface area contributed by atoms with Crippen LogP contribution in [0.5, 0.6) is 0 Å². The lowest BCUT2D eigenvalue weighted by Crippen LogP contribution is -2.54. The van der Waals surface area contributed by atoms with Crippen LogP contribution < -0.4 is 11.1 Å². The molecule has 2 rings (SSSR count). The van der Waals surface area contributed by atoms with Crippen molar-refractivity contribution in [2.24, 2.45) is 22.5 Å². The molecule has 0 atom stereocenters. The molecule has 3 heteroatoms. The van der Waals surface area contributed by atoms with Gasteiger partial charge in [0.25, 0.3) is 0 Å². The predicted molar refractivity (Wildman–Crippen MR) is 74.1 cm³/mol. The number of amides is 1. The highest BCUT2D eigenvalue weighted by Gasteiger charge is 2.47. The van der Waals surface area contributed by atoms with Crippen LogP contribution in [0.4, 0.5) is 0 Å². The molecule has 18 heavy (non-hydrogen) atoms. The van der Waals surface area contributed by atoms with Gasteiger partial charge in [-0.25, -0.2) is 0 Å². The Balaban J connectivity index is 1.88. The van der Waals surface area contributed by atoms with Crippen LogP contribution in [0.25, 0.3) is 0 Å². The van der Waals surface area contributed by atoms with E-state index in [0.717, 1.165) is 19.4 Å². The summed E-state index contributed by atoms with van der Waals surface area (Å²) in [5, 5.41) is 3.21. The summed E-state index contributed by atoms with van der Waals surface area (Å²) in [5.74, 6) is 0.869. The molecule has 0 saturated heterocycles. The number of carbonyl (C=O) groups is 1. The summed E-state index contributed by atoms with van der Waals surface area (Å²) in [7, 11) is 0. The molecule has 2 saturated carbocycles. The first-order valence-electron chi connectivity index (χ1n) is 7.54. The van der Waals surface area contributed by atoms with Crippen LogP contribution in [0.1, 0.15) is 58.8 Å². The van der Waals surface area contributed by atoms with E-state index in [0.29, 0.717) is 17.9 Å². The SMILES string of the molecule is CCC1(CNC(=O)C2(CN)CC(C)C2)CCCC1. The second-order valence-electron chi connectivity index (χ2n) is 6.74. The molecule has 2 aliphatic carbocycles. The van der Waals surface area contributed by atoms with Crippen LogP contribution in [-0.4, -0.2) is 19.0 Å². The maximum atomic E-state index is 12.3. The van der Waals surface area contributed by atoms with Gasteiger partial charge in [-0.05, 0) is 43.4 Å². The summed E-state index contributed by atoms with van der Waals surface area (Å²) >= 11 is 0. The zero-order valence-electron chi connectivity index (χ0n) is 11.9. The fraction of sp³-hybridized carbons (Fsp3) is 0.933. The van der Waals surface area contributed by atoms with Gasteiger partial charge in [0.2, 0.25) is 5.91 Å². The van der Waals surface area contributed by atoms with E-state index in [1.807, 2.05) is 0 Å². The van der Waals surface area contributed by atoms with Gasteiger partial charge in [0, 0.05) is 13.1 Å². The highest BCUT2D eigenvalue weighted by Crippen LogP contribution is 2.45. The quantitative estimate of drug-likeness (QED) is 0.789. The molecule has 3 N–H and O–H groups in total. The maximum absolute atomic E-state index is 12.3. The Morgan fingerprint density at radius 3 is 2.39 bits per heavy atom. The molecule has 0 aliphatic heterocycles. The van der Waals surface area contributed by atoms with E-state index in [1.54, 1.807) is 0 Å². The summed E-state index contributed by atoms with van der Waals surface area (Å²) in [6, 6.07) is 0. The van der Waals surface area contributed by atoms with Crippen molar-refractivity contribution in [3.8, 4) is 0 Å². The minimum Gasteiger partial charge on any atom is -0.355 e. The third kappa shape index (κ3) is 2.42. The van der Waals surface area contributed by atoms with E-state index in [2.05, 4.69) is 19.2 Å². The van der Waals surface area contributed by atoms with Crippen LogP contribution in [0, 0.1) is 16.7 Å². The van der Waals surface area contributed by atoms with E-state index < -0.39 is 0 Å². The first-order valence-corrected chi connectivity index (χ1v) is 7.54. The Bertz CT molecular complexity index is 302. The highest BCUT2D eigenvalue weighted by atomic mass is 16.2. The Labute approximate surface area is 111 Å². The second kappa shape index (κ2) is 5.20. The molecule has 2 fully saturated rings. The Kier molecular flexibility index (Phi) is 4.00. The lowest BCUT2D eigenvalue weighted by molar-refractivity contribution is -0.138. The summed E-state index contributed by atoms with van der Waals surface area (Å²) in [6.45, 7) is 5.81. The molecular weight excluding hydrogens is 224 g/mol. The Morgan fingerprint density at radius 2 is 1.94 bits per heavy atom. The van der Waals surface area contributed by atoms with E-state index in [1.165, 1.54) is 32.1 Å². The van der Waals surface area contributed by atoms with Crippen molar-refractivity contribution in [3.05, 3.63) is 0 Å². The lowest BCUT2D eigenvalue weighted by Gasteiger charge is -2.44. The highest BCUT2D eigenvalue weighted by molar-refractivity contribution is 5.84. The molecule has 0 heterocycles. The Morgan fingerprint density at radius 1 is 1.33 bits per heavy atom. The van der Waals surface area contributed by atoms with Crippen molar-refractivity contribution < 1.29 is 4.79 Å². The molecule has 2 aliphatic rings. The van der Waals surface area contributed by atoms with Gasteiger partial charge < -0.3 is 11.1 Å². The summed E-state index contributed by atoms with van der Waals surface area (Å²) in [6.07, 6.45) is 8.30. The molecule has 0 aromatic carbocycles. The number of nitrogens with two attached hydrogens (primary N) is 1. The monoisotopic (exact) mass is 252 g/mol. The third-order valence-electron chi connectivity index (χ3n) is 5.39. The van der Waals surface area contributed by atoms with Crippen molar-refractivity contribution in [2.45, 2.75) is 58.8 Å². The average molecular weight is 252 g/mol. The summed E-state index contributed by atoms with van der Waals surface area (Å²) < 4.78 is 0. The molecule has 0 aromatic heterocycles. The molecule has 0 bridgehead atoms. The second-order valence-corrected chi connectivity index (χ2v) is 6.74. The van der Waals surface area contributed by atoms with Gasteiger partial charge in [-0.2, -0.15) is 0 Å². The number of rotatable bonds is 5. The van der Waals surface area contributed by atoms with Crippen LogP contribution in [0.3, 0.4) is 0 Å². The van der Waals surface area contributed by atoms with Crippen molar-refractivity contribution >= 4 is 5.91 Å². The van der Waals surface area contributed by atoms with Crippen LogP contribution in [0.2, 0.25) is 0 Å². The van der Waals surface area contributed by atoms with E-state index in [4.69, 9.17) is 5.73 Å². The van der Waals surface area contributed by atoms with Gasteiger partial charge in [0.1, 0.15) is 0 Å². The minimum absolute atomic E-state index is 0.211. The van der Waals surface area contributed by atoms with Crippen molar-refractivity contribution in [2.75, 3.05) is 13.1 Å². The minimum atomic E-state index is -0.243. The summed E-state index contributed by atoms with van der Waals surface area (Å²) in [5.41, 5.74) is 5.95. The van der Waals surface area contributed by atoms with Crippen molar-refractivity contribution in [1.82, 2.24) is 5.32 Å². The van der Waals surface area contributed by atoms with Crippen LogP contribution in [-0.2, 0) is 4.79 Å². The Hall–Kier alpha value is -0.570. The van der Waals surface area contributed by atoms with E-state index >= 15 is 0 Å². The number of carbonyl (C=O) groups excluding carboxylic acids is 1. The van der Waals surface area contributed by atoms with E-state index in [9.17, 15) is 4.79 Å². The molecular formula is C15H28N2O. The molecule has 3 nitrogen and oxygen atoms in total. The third-order valence-corrected chi connectivity index (χ3v) is 5.39. The maximum Gasteiger partial charge on any atom is 0.227 e. The fourth-order valence-corrected chi connectivity index (χ4v) is 3.95. The largest absolute Gasteiger partial charge is 0.355 e. The van der Waals surface area contributed by atoms with Gasteiger partial charge >= 0.3 is 0 Å². The van der Waals surface area contributed by atoms with Crippen LogP contribution in [0.15, 0.2) is 0 Å². The standard InChI is InChI=1S/C15H28N2O/c1-3-14(6-4-5-7-14)11-17-13(18)15(10-16)8-12(2)9-15/h12H,3-11,16H2,1-2H3,(H,17,18). The molecule has 104 valence electrons. The van der Waals surface area contributed by atoms with E-state index in [-0.39, 0.29) is 11.3 Å². The summed E-state index contributed by atoms with van der Waals surface area (Å²) in [4.78, 5) is 12.3. The van der Waals surface area contributed by atoms with Gasteiger partial charge in [-0.1, -0.05) is 26.7 Å². The number of hydrogen-bond donors (Lipinski definition) is 2. The zero-order chi connectivity index (χ0) is 13.2. The predicted octanol–water partition coefficient (Wildman–Crippen LogP) is 2.45. The number of hydrogen-bond acceptors (Lipinski definition) is 2. The zero-order valence-corrected chi connectivity index (χ0v) is 11.9. The normalized spacial score (nSPS) is 34.1. The molecule has 0 radical (unpaired) electrons. The molecule has 1 amide bonds. The molecule has 0 unspecified atom stereocenters. The lowest BCUT2D eigenvalue weighted by atomic mass is 9.62. The number of nitrogens with one attached hydrogen (secondary N) is 1. The first-order chi connectivity index (χ1) is 8.56.